The van der Waals surface area contributed by atoms with E-state index in [1.54, 1.807) is 36.4 Å². The number of hydrogen-bond acceptors (Lipinski definition) is 5. The van der Waals surface area contributed by atoms with Gasteiger partial charge >= 0.3 is 0 Å². The summed E-state index contributed by atoms with van der Waals surface area (Å²) < 4.78 is 5.27. The van der Waals surface area contributed by atoms with Gasteiger partial charge in [0.15, 0.2) is 11.5 Å². The zero-order chi connectivity index (χ0) is 16.7. The molecule has 6 heteroatoms. The first-order chi connectivity index (χ1) is 11.1. The summed E-state index contributed by atoms with van der Waals surface area (Å²) >= 11 is 0. The fourth-order valence-electron chi connectivity index (χ4n) is 1.81. The molecule has 0 aliphatic rings. The van der Waals surface area contributed by atoms with Gasteiger partial charge in [-0.2, -0.15) is 10.4 Å². The second-order valence-electron chi connectivity index (χ2n) is 4.55. The van der Waals surface area contributed by atoms with Crippen molar-refractivity contribution >= 4 is 12.1 Å². The topological polar surface area (TPSA) is 94.7 Å². The standard InChI is InChI=1S/C17H15N3O3/c1-2-23-16-9-13(5-8-15(16)21)11-19-20-17(22)14-6-3-12(10-18)4-7-14/h3-9,11,21H,2H2,1H3,(H,20,22)/b19-11-. The van der Waals surface area contributed by atoms with E-state index in [0.717, 1.165) is 0 Å². The Balaban J connectivity index is 2.02. The minimum absolute atomic E-state index is 0.0469. The monoisotopic (exact) mass is 309 g/mol. The van der Waals surface area contributed by atoms with Gasteiger partial charge < -0.3 is 9.84 Å². The van der Waals surface area contributed by atoms with E-state index in [9.17, 15) is 9.90 Å². The van der Waals surface area contributed by atoms with E-state index < -0.39 is 0 Å². The average Bonchev–Trinajstić information content (AvgIpc) is 2.58. The number of carbonyl (C=O) groups is 1. The fraction of sp³-hybridized carbons (Fsp3) is 0.118. The Morgan fingerprint density at radius 1 is 1.35 bits per heavy atom. The third-order valence-electron chi connectivity index (χ3n) is 2.94. The molecule has 0 atom stereocenters. The quantitative estimate of drug-likeness (QED) is 0.655. The summed E-state index contributed by atoms with van der Waals surface area (Å²) in [5.41, 5.74) is 3.96. The highest BCUT2D eigenvalue weighted by atomic mass is 16.5. The number of hydrogen-bond donors (Lipinski definition) is 2. The Bertz CT molecular complexity index is 762. The van der Waals surface area contributed by atoms with Crippen LogP contribution in [0.15, 0.2) is 47.6 Å². The van der Waals surface area contributed by atoms with Crippen molar-refractivity contribution in [2.24, 2.45) is 5.10 Å². The molecule has 6 nitrogen and oxygen atoms in total. The summed E-state index contributed by atoms with van der Waals surface area (Å²) in [6, 6.07) is 13.0. The summed E-state index contributed by atoms with van der Waals surface area (Å²) in [5, 5.41) is 22.2. The molecule has 0 saturated heterocycles. The van der Waals surface area contributed by atoms with Crippen LogP contribution in [0.25, 0.3) is 0 Å². The van der Waals surface area contributed by atoms with Crippen molar-refractivity contribution in [3.63, 3.8) is 0 Å². The SMILES string of the molecule is CCOc1cc(/C=N\NC(=O)c2ccc(C#N)cc2)ccc1O. The van der Waals surface area contributed by atoms with E-state index in [-0.39, 0.29) is 11.7 Å². The minimum Gasteiger partial charge on any atom is -0.504 e. The van der Waals surface area contributed by atoms with Gasteiger partial charge in [-0.05, 0) is 55.0 Å². The predicted molar refractivity (Wildman–Crippen MR) is 85.5 cm³/mol. The largest absolute Gasteiger partial charge is 0.504 e. The van der Waals surface area contributed by atoms with Crippen LogP contribution in [0, 0.1) is 11.3 Å². The third-order valence-corrected chi connectivity index (χ3v) is 2.94. The molecule has 2 aromatic rings. The number of rotatable bonds is 5. The molecule has 0 saturated carbocycles. The zero-order valence-corrected chi connectivity index (χ0v) is 12.5. The summed E-state index contributed by atoms with van der Waals surface area (Å²) in [5.74, 6) is 0.0232. The van der Waals surface area contributed by atoms with Gasteiger partial charge in [-0.1, -0.05) is 0 Å². The van der Waals surface area contributed by atoms with E-state index in [1.165, 1.54) is 12.3 Å². The van der Waals surface area contributed by atoms with Crippen molar-refractivity contribution < 1.29 is 14.6 Å². The first kappa shape index (κ1) is 16.0. The third kappa shape index (κ3) is 4.32. The lowest BCUT2D eigenvalue weighted by atomic mass is 10.1. The van der Waals surface area contributed by atoms with Crippen LogP contribution < -0.4 is 10.2 Å². The lowest BCUT2D eigenvalue weighted by Crippen LogP contribution is -2.17. The minimum atomic E-state index is -0.380. The number of nitrogens with one attached hydrogen (secondary N) is 1. The first-order valence-corrected chi connectivity index (χ1v) is 6.93. The van der Waals surface area contributed by atoms with Crippen LogP contribution in [-0.2, 0) is 0 Å². The smallest absolute Gasteiger partial charge is 0.271 e. The second-order valence-corrected chi connectivity index (χ2v) is 4.55. The number of amides is 1. The van der Waals surface area contributed by atoms with Crippen LogP contribution in [0.4, 0.5) is 0 Å². The molecule has 0 bridgehead atoms. The number of nitrogens with zero attached hydrogens (tertiary/aromatic N) is 2. The van der Waals surface area contributed by atoms with Gasteiger partial charge in [0.25, 0.3) is 5.91 Å². The van der Waals surface area contributed by atoms with Crippen molar-refractivity contribution in [2.75, 3.05) is 6.61 Å². The zero-order valence-electron chi connectivity index (χ0n) is 12.5. The molecular formula is C17H15N3O3. The van der Waals surface area contributed by atoms with E-state index >= 15 is 0 Å². The molecule has 0 aromatic heterocycles. The van der Waals surface area contributed by atoms with Crippen LogP contribution in [0.2, 0.25) is 0 Å². The molecule has 116 valence electrons. The van der Waals surface area contributed by atoms with Gasteiger partial charge in [-0.3, -0.25) is 4.79 Å². The molecular weight excluding hydrogens is 294 g/mol. The van der Waals surface area contributed by atoms with Crippen LogP contribution in [-0.4, -0.2) is 23.8 Å². The predicted octanol–water partition coefficient (Wildman–Crippen LogP) is 2.43. The van der Waals surface area contributed by atoms with Crippen molar-refractivity contribution in [3.8, 4) is 17.6 Å². The van der Waals surface area contributed by atoms with Gasteiger partial charge in [0.1, 0.15) is 0 Å². The molecule has 0 unspecified atom stereocenters. The number of phenolic OH excluding ortho intramolecular Hbond substituents is 1. The van der Waals surface area contributed by atoms with Gasteiger partial charge in [0, 0.05) is 5.56 Å². The Labute approximate surface area is 133 Å². The molecule has 0 aliphatic heterocycles. The number of nitriles is 1. The fourth-order valence-corrected chi connectivity index (χ4v) is 1.81. The Hall–Kier alpha value is -3.33. The van der Waals surface area contributed by atoms with Crippen molar-refractivity contribution in [1.29, 1.82) is 5.26 Å². The number of carbonyl (C=O) groups excluding carboxylic acids is 1. The average molecular weight is 309 g/mol. The molecule has 23 heavy (non-hydrogen) atoms. The van der Waals surface area contributed by atoms with Crippen molar-refractivity contribution in [3.05, 3.63) is 59.2 Å². The lowest BCUT2D eigenvalue weighted by molar-refractivity contribution is 0.0955. The van der Waals surface area contributed by atoms with Gasteiger partial charge in [-0.15, -0.1) is 0 Å². The second kappa shape index (κ2) is 7.61. The first-order valence-electron chi connectivity index (χ1n) is 6.93. The molecule has 0 aliphatic carbocycles. The highest BCUT2D eigenvalue weighted by Gasteiger charge is 2.04. The normalized spacial score (nSPS) is 10.3. The maximum Gasteiger partial charge on any atom is 0.271 e. The van der Waals surface area contributed by atoms with Gasteiger partial charge in [0.2, 0.25) is 0 Å². The molecule has 0 heterocycles. The van der Waals surface area contributed by atoms with Crippen LogP contribution >= 0.6 is 0 Å². The number of hydrazone groups is 1. The summed E-state index contributed by atoms with van der Waals surface area (Å²) in [6.07, 6.45) is 1.45. The summed E-state index contributed by atoms with van der Waals surface area (Å²) in [6.45, 7) is 2.25. The number of benzene rings is 2. The van der Waals surface area contributed by atoms with Gasteiger partial charge in [-0.25, -0.2) is 5.43 Å². The molecule has 2 aromatic carbocycles. The van der Waals surface area contributed by atoms with Crippen LogP contribution in [0.1, 0.15) is 28.4 Å². The molecule has 0 fully saturated rings. The Kier molecular flexibility index (Phi) is 5.31. The van der Waals surface area contributed by atoms with E-state index in [2.05, 4.69) is 10.5 Å². The highest BCUT2D eigenvalue weighted by molar-refractivity contribution is 5.95. The number of ether oxygens (including phenoxy) is 1. The van der Waals surface area contributed by atoms with Gasteiger partial charge in [0.05, 0.1) is 24.5 Å². The molecule has 0 spiro atoms. The highest BCUT2D eigenvalue weighted by Crippen LogP contribution is 2.26. The van der Waals surface area contributed by atoms with E-state index in [0.29, 0.717) is 29.0 Å². The molecule has 0 radical (unpaired) electrons. The molecule has 1 amide bonds. The Morgan fingerprint density at radius 2 is 2.09 bits per heavy atom. The van der Waals surface area contributed by atoms with Crippen LogP contribution in [0.5, 0.6) is 11.5 Å². The lowest BCUT2D eigenvalue weighted by Gasteiger charge is -2.06. The number of aromatic hydroxyl groups is 1. The summed E-state index contributed by atoms with van der Waals surface area (Å²) in [7, 11) is 0. The van der Waals surface area contributed by atoms with Crippen molar-refractivity contribution in [2.45, 2.75) is 6.92 Å². The number of phenols is 1. The van der Waals surface area contributed by atoms with E-state index in [1.807, 2.05) is 13.0 Å². The Morgan fingerprint density at radius 3 is 2.74 bits per heavy atom. The van der Waals surface area contributed by atoms with Crippen LogP contribution in [0.3, 0.4) is 0 Å². The van der Waals surface area contributed by atoms with E-state index in [4.69, 9.17) is 10.00 Å². The maximum absolute atomic E-state index is 11.9. The molecule has 2 rings (SSSR count). The maximum atomic E-state index is 11.9. The molecule has 2 N–H and O–H groups in total. The van der Waals surface area contributed by atoms with Crippen molar-refractivity contribution in [1.82, 2.24) is 5.43 Å². The summed E-state index contributed by atoms with van der Waals surface area (Å²) in [4.78, 5) is 11.9.